The van der Waals surface area contributed by atoms with Crippen molar-refractivity contribution in [1.82, 2.24) is 0 Å². The summed E-state index contributed by atoms with van der Waals surface area (Å²) in [4.78, 5) is 118. The van der Waals surface area contributed by atoms with Crippen molar-refractivity contribution in [2.45, 2.75) is 19.6 Å². The van der Waals surface area contributed by atoms with Gasteiger partial charge in [0, 0.05) is 99.7 Å². The first-order valence-electron chi connectivity index (χ1n) is 29.5. The van der Waals surface area contributed by atoms with Crippen LogP contribution in [0.15, 0.2) is 171 Å². The summed E-state index contributed by atoms with van der Waals surface area (Å²) in [5.74, 6) is -19.8. The molecule has 35 nitrogen and oxygen atoms in total. The van der Waals surface area contributed by atoms with Crippen LogP contribution in [0.2, 0.25) is 0 Å². The molecule has 0 saturated heterocycles. The van der Waals surface area contributed by atoms with E-state index in [4.69, 9.17) is 12.6 Å². The van der Waals surface area contributed by atoms with Crippen LogP contribution in [0.4, 0.5) is 0 Å². The van der Waals surface area contributed by atoms with Gasteiger partial charge in [-0.15, -0.1) is 18.4 Å². The zero-order valence-electron chi connectivity index (χ0n) is 63.2. The molecule has 10 aromatic carbocycles. The Hall–Kier alpha value is -3.80. The standard InChI is InChI=1S/4C14H8O7S.C14H7O4.4Ca.5Na.O3S.2H/c4*15-11-6-3-1-2-4-7(6)12(16)10-8(11)5-9(22(19,20)21)13(17)14(10)18;15-10-6-5-9-11(14(10)18)13(17)8-4-2-1-3-7(8)12(9)16;;;;;;;;;;1-4(2)3;;/h4*1-5,17-18H,(H,19,20,21);1-5,15,18H;;;;;;;;;;;;/q;;;;-1;4*+2;5*+1;;2*-1/p-10. The van der Waals surface area contributed by atoms with Crippen molar-refractivity contribution < 1.29 is 314 Å². The molecule has 0 bridgehead atoms. The molecule has 0 atom stereocenters. The summed E-state index contributed by atoms with van der Waals surface area (Å²) in [6.45, 7) is 0. The van der Waals surface area contributed by atoms with Gasteiger partial charge >= 0.3 is 309 Å². The van der Waals surface area contributed by atoms with Crippen LogP contribution in [-0.2, 0) is 51.1 Å². The van der Waals surface area contributed by atoms with Gasteiger partial charge in [0.25, 0.3) is 0 Å². The van der Waals surface area contributed by atoms with Crippen LogP contribution in [0.1, 0.15) is 162 Å². The average molecular weight is 1870 g/mol. The number of phenolic OH excluding ortho intramolecular Hbond substituents is 4. The number of fused-ring (bicyclic) bond motifs is 10. The van der Waals surface area contributed by atoms with Crippen molar-refractivity contribution in [1.29, 1.82) is 0 Å². The molecule has 10 aromatic rings. The molecule has 119 heavy (non-hydrogen) atoms. The van der Waals surface area contributed by atoms with Crippen molar-refractivity contribution in [3.63, 3.8) is 0 Å². The predicted octanol–water partition coefficient (Wildman–Crippen LogP) is -16.3. The van der Waals surface area contributed by atoms with Gasteiger partial charge in [-0.3, -0.25) is 43.2 Å². The first-order chi connectivity index (χ1) is 51.3. The Morgan fingerprint density at radius 2 is 0.454 bits per heavy atom. The maximum Gasteiger partial charge on any atom is 2.00 e. The van der Waals surface area contributed by atoms with E-state index >= 15 is 0 Å². The number of rotatable bonds is 4. The van der Waals surface area contributed by atoms with Gasteiger partial charge in [0.05, 0.1) is 25.8 Å². The van der Waals surface area contributed by atoms with E-state index in [2.05, 4.69) is 6.07 Å². The molecule has 49 heteroatoms. The summed E-state index contributed by atoms with van der Waals surface area (Å²) in [6.07, 6.45) is 0. The van der Waals surface area contributed by atoms with Crippen molar-refractivity contribution in [3.8, 4) is 57.5 Å². The van der Waals surface area contributed by atoms with Crippen molar-refractivity contribution in [2.75, 3.05) is 0 Å². The molecular weight excluding hydrogens is 1840 g/mol. The zero-order valence-corrected chi connectivity index (χ0v) is 84.2. The Labute approximate surface area is 904 Å². The molecule has 0 fully saturated rings. The Kier molecular flexibility index (Phi) is 42.4. The third-order valence-corrected chi connectivity index (χ3v) is 19.8. The van der Waals surface area contributed by atoms with Gasteiger partial charge in [0.2, 0.25) is 0 Å². The molecule has 0 aliphatic heterocycles. The summed E-state index contributed by atoms with van der Waals surface area (Å²) in [5, 5.41) is 109. The molecule has 0 radical (unpaired) electrons. The van der Waals surface area contributed by atoms with Gasteiger partial charge in [-0.05, 0) is 41.3 Å². The van der Waals surface area contributed by atoms with Crippen molar-refractivity contribution in [3.05, 3.63) is 269 Å². The van der Waals surface area contributed by atoms with Crippen LogP contribution in [0.3, 0.4) is 0 Å². The van der Waals surface area contributed by atoms with Crippen molar-refractivity contribution >= 4 is 260 Å². The maximum atomic E-state index is 12.3. The summed E-state index contributed by atoms with van der Waals surface area (Å²) >= 11 is 0. The second-order valence-corrected chi connectivity index (χ2v) is 28.5. The first-order valence-corrected chi connectivity index (χ1v) is 36.1. The molecule has 0 aromatic heterocycles. The van der Waals surface area contributed by atoms with E-state index in [1.54, 1.807) is 18.2 Å². The third kappa shape index (κ3) is 22.6. The number of ketones is 10. The minimum Gasteiger partial charge on any atom is -1.00 e. The number of aromatic hydroxyl groups is 4. The number of hydrogen-bond donors (Lipinski definition) is 4. The zero-order chi connectivity index (χ0) is 81.4. The van der Waals surface area contributed by atoms with Gasteiger partial charge in [-0.2, -0.15) is 17.9 Å². The van der Waals surface area contributed by atoms with Gasteiger partial charge in [0.15, 0.2) is 52.0 Å². The minimum absolute atomic E-state index is 0. The van der Waals surface area contributed by atoms with Gasteiger partial charge in [0.1, 0.15) is 63.5 Å². The van der Waals surface area contributed by atoms with E-state index in [0.29, 0.717) is 24.3 Å². The summed E-state index contributed by atoms with van der Waals surface area (Å²) in [6, 6.07) is 34.6. The van der Waals surface area contributed by atoms with E-state index in [-0.39, 0.29) is 374 Å². The molecule has 15 rings (SSSR count). The molecule has 0 spiro atoms. The first kappa shape index (κ1) is 113. The Morgan fingerprint density at radius 1 is 0.261 bits per heavy atom. The summed E-state index contributed by atoms with van der Waals surface area (Å²) < 4.78 is 158. The third-order valence-electron chi connectivity index (χ3n) is 16.4. The van der Waals surface area contributed by atoms with E-state index in [9.17, 15) is 151 Å². The van der Waals surface area contributed by atoms with Crippen LogP contribution in [-0.4, -0.2) is 294 Å². The molecule has 4 N–H and O–H groups in total. The van der Waals surface area contributed by atoms with Gasteiger partial charge < -0.3 is 76.9 Å². The maximum absolute atomic E-state index is 12.3. The number of carbonyl (C=O) groups excluding carboxylic acids is 10. The molecule has 0 amide bonds. The van der Waals surface area contributed by atoms with Crippen LogP contribution >= 0.6 is 0 Å². The average Bonchev–Trinajstić information content (AvgIpc) is 0.766. The second-order valence-electron chi connectivity index (χ2n) is 22.7. The fraction of sp³-hybridized carbons (Fsp3) is 0. The largest absolute Gasteiger partial charge is 2.00 e. The fourth-order valence-electron chi connectivity index (χ4n) is 11.6. The molecule has 0 saturated carbocycles. The summed E-state index contributed by atoms with van der Waals surface area (Å²) in [7, 11) is -23.9. The van der Waals surface area contributed by atoms with E-state index in [1.807, 2.05) is 0 Å². The van der Waals surface area contributed by atoms with E-state index in [0.717, 1.165) is 6.07 Å². The normalized spacial score (nSPS) is 12.3. The van der Waals surface area contributed by atoms with Crippen LogP contribution in [0, 0.1) is 6.07 Å². The van der Waals surface area contributed by atoms with Crippen LogP contribution in [0.5, 0.6) is 57.5 Å². The Balaban J connectivity index is 0. The number of phenols is 4. The Morgan fingerprint density at radius 3 is 0.706 bits per heavy atom. The molecule has 0 heterocycles. The predicted molar refractivity (Wildman–Crippen MR) is 368 cm³/mol. The molecule has 5 aliphatic carbocycles. The molecule has 5 aliphatic rings. The quantitative estimate of drug-likeness (QED) is 0.0722. The van der Waals surface area contributed by atoms with E-state index in [1.165, 1.54) is 103 Å². The molecule has 0 unspecified atom stereocenters. The topological polar surface area (TPSA) is 670 Å². The Bertz CT molecular complexity index is 5990. The van der Waals surface area contributed by atoms with Crippen LogP contribution in [0.25, 0.3) is 0 Å². The monoisotopic (exact) mass is 1870 g/mol. The van der Waals surface area contributed by atoms with Crippen molar-refractivity contribution in [2.24, 2.45) is 0 Å². The molecule has 564 valence electrons. The van der Waals surface area contributed by atoms with Gasteiger partial charge in [-0.1, -0.05) is 138 Å². The minimum atomic E-state index is -5.23. The fourth-order valence-corrected chi connectivity index (χ4v) is 13.9. The van der Waals surface area contributed by atoms with E-state index < -0.39 is 225 Å². The smallest absolute Gasteiger partial charge is 1.00 e. The van der Waals surface area contributed by atoms with Crippen LogP contribution < -0.4 is 178 Å². The second kappa shape index (κ2) is 44.6. The summed E-state index contributed by atoms with van der Waals surface area (Å²) in [5.41, 5.74) is -4.28. The SMILES string of the molecule is O=C1c2ccccc2C(=O)c2c1c[c-]c([O-])c2O.O=C1c2ccccc2C(=O)c2c1cc(S(=O)(=O)[O-])c(O)c2[O-].O=C1c2ccccc2C(=O)c2c1cc(S(=O)(=O)[O-])c([O-])c2O.O=C1c2ccccc2C(=O)c2c1cc(S(=O)(=O)[O-])c([O-])c2O.O=C1c2ccccc2C(=O)c2c1cc(S(=O)(=O)[O-])c([O-])c2[O-].O=S(=O)=O.[Ca+2].[Ca+2].[Ca+2].[Ca+2].[H-].[H-].[Na+].[Na+].[Na+].[Na+].[Na+]. The number of carbonyl (C=O) groups is 10. The molecular formula is C70H31Ca4Na5O35S5. The van der Waals surface area contributed by atoms with Gasteiger partial charge in [-0.25, -0.2) is 33.7 Å². The number of benzene rings is 10. The number of hydrogen-bond acceptors (Lipinski definition) is 35.